The summed E-state index contributed by atoms with van der Waals surface area (Å²) < 4.78 is 5.21. The minimum atomic E-state index is -0.115. The van der Waals surface area contributed by atoms with E-state index in [2.05, 4.69) is 197 Å². The molecular formula is C55H32BN3. The van der Waals surface area contributed by atoms with Gasteiger partial charge in [-0.1, -0.05) is 152 Å². The van der Waals surface area contributed by atoms with E-state index < -0.39 is 0 Å². The van der Waals surface area contributed by atoms with Gasteiger partial charge in [0.15, 0.2) is 0 Å². The molecule has 2 aliphatic heterocycles. The Bertz CT molecular complexity index is 3610. The number of hydrogen-bond donors (Lipinski definition) is 0. The molecule has 4 heteroatoms. The Morgan fingerprint density at radius 3 is 1.85 bits per heavy atom. The van der Waals surface area contributed by atoms with Gasteiger partial charge in [0, 0.05) is 43.8 Å². The van der Waals surface area contributed by atoms with Crippen LogP contribution >= 0.6 is 0 Å². The topological polar surface area (TPSA) is 33.6 Å². The number of nitriles is 1. The zero-order valence-electron chi connectivity index (χ0n) is 31.9. The number of benzene rings is 9. The van der Waals surface area contributed by atoms with Crippen molar-refractivity contribution in [2.24, 2.45) is 0 Å². The molecule has 13 rings (SSSR count). The van der Waals surface area contributed by atoms with Gasteiger partial charge in [0.2, 0.25) is 0 Å². The summed E-state index contributed by atoms with van der Waals surface area (Å²) >= 11 is 0. The van der Waals surface area contributed by atoms with Crippen LogP contribution in [-0.2, 0) is 0 Å². The second kappa shape index (κ2) is 12.1. The second-order valence-electron chi connectivity index (χ2n) is 15.9. The molecule has 0 spiro atoms. The number of nitrogens with zero attached hydrogens (tertiary/aromatic N) is 3. The first-order valence-corrected chi connectivity index (χ1v) is 20.3. The first kappa shape index (κ1) is 32.2. The summed E-state index contributed by atoms with van der Waals surface area (Å²) in [6.07, 6.45) is 0. The summed E-state index contributed by atoms with van der Waals surface area (Å²) in [6.45, 7) is -0.115. The van der Waals surface area contributed by atoms with E-state index in [-0.39, 0.29) is 6.85 Å². The molecule has 0 amide bonds. The molecule has 0 fully saturated rings. The van der Waals surface area contributed by atoms with Crippen molar-refractivity contribution in [3.8, 4) is 67.4 Å². The third-order valence-corrected chi connectivity index (χ3v) is 12.9. The first-order chi connectivity index (χ1) is 29.2. The maximum absolute atomic E-state index is 10.2. The fraction of sp³-hybridized carbons (Fsp3) is 0. The van der Waals surface area contributed by atoms with Gasteiger partial charge in [-0.3, -0.25) is 0 Å². The molecule has 0 aliphatic carbocycles. The average molecular weight is 746 g/mol. The molecule has 0 bridgehead atoms. The predicted molar refractivity (Wildman–Crippen MR) is 246 cm³/mol. The minimum absolute atomic E-state index is 0.115. The van der Waals surface area contributed by atoms with Crippen molar-refractivity contribution in [2.75, 3.05) is 0 Å². The van der Waals surface area contributed by atoms with Gasteiger partial charge in [0.1, 0.15) is 0 Å². The van der Waals surface area contributed by atoms with E-state index in [1.165, 1.54) is 99.2 Å². The van der Waals surface area contributed by atoms with Gasteiger partial charge in [-0.25, -0.2) is 0 Å². The normalized spacial score (nSPS) is 12.4. The molecule has 3 nitrogen and oxygen atoms in total. The second-order valence-corrected chi connectivity index (χ2v) is 15.9. The predicted octanol–water partition coefficient (Wildman–Crippen LogP) is 12.4. The smallest absolute Gasteiger partial charge is 0.333 e. The summed E-state index contributed by atoms with van der Waals surface area (Å²) in [5, 5.41) is 15.2. The molecule has 0 saturated carbocycles. The zero-order chi connectivity index (χ0) is 38.8. The van der Waals surface area contributed by atoms with Crippen LogP contribution in [0.25, 0.3) is 105 Å². The average Bonchev–Trinajstić information content (AvgIpc) is 3.83. The Balaban J connectivity index is 1.28. The van der Waals surface area contributed by atoms with Gasteiger partial charge in [-0.2, -0.15) is 5.26 Å². The Morgan fingerprint density at radius 1 is 0.407 bits per heavy atom. The highest BCUT2D eigenvalue weighted by molar-refractivity contribution is 6.90. The Hall–Kier alpha value is -7.87. The van der Waals surface area contributed by atoms with Crippen LogP contribution in [0, 0.1) is 11.3 Å². The highest BCUT2D eigenvalue weighted by atomic mass is 15.0. The Kier molecular flexibility index (Phi) is 6.60. The van der Waals surface area contributed by atoms with Crippen LogP contribution in [-0.4, -0.2) is 15.9 Å². The first-order valence-electron chi connectivity index (χ1n) is 20.3. The molecule has 2 aromatic heterocycles. The lowest BCUT2D eigenvalue weighted by molar-refractivity contribution is 1.18. The molecule has 270 valence electrons. The van der Waals surface area contributed by atoms with Crippen molar-refractivity contribution in [3.63, 3.8) is 0 Å². The third-order valence-electron chi connectivity index (χ3n) is 12.9. The summed E-state index contributed by atoms with van der Waals surface area (Å²) in [7, 11) is 0. The van der Waals surface area contributed by atoms with Gasteiger partial charge in [0.05, 0.1) is 22.7 Å². The van der Waals surface area contributed by atoms with E-state index in [0.29, 0.717) is 5.56 Å². The van der Waals surface area contributed by atoms with E-state index in [4.69, 9.17) is 0 Å². The number of hydrogen-bond acceptors (Lipinski definition) is 1. The Labute approximate surface area is 341 Å². The van der Waals surface area contributed by atoms with Crippen LogP contribution in [0.15, 0.2) is 194 Å². The third kappa shape index (κ3) is 4.42. The van der Waals surface area contributed by atoms with Gasteiger partial charge >= 0.3 is 6.85 Å². The van der Waals surface area contributed by atoms with Gasteiger partial charge in [-0.15, -0.1) is 0 Å². The number of fused-ring (bicyclic) bond motifs is 10. The summed E-state index contributed by atoms with van der Waals surface area (Å²) in [6, 6.07) is 73.1. The van der Waals surface area contributed by atoms with E-state index in [0.717, 1.165) is 16.7 Å². The van der Waals surface area contributed by atoms with Crippen molar-refractivity contribution >= 4 is 61.4 Å². The van der Waals surface area contributed by atoms with Crippen molar-refractivity contribution in [2.45, 2.75) is 0 Å². The fourth-order valence-electron chi connectivity index (χ4n) is 10.5. The molecule has 9 aromatic carbocycles. The maximum atomic E-state index is 10.2. The lowest BCUT2D eigenvalue weighted by atomic mass is 9.45. The van der Waals surface area contributed by atoms with Gasteiger partial charge < -0.3 is 9.05 Å². The lowest BCUT2D eigenvalue weighted by Crippen LogP contribution is -2.55. The Morgan fingerprint density at radius 2 is 1.07 bits per heavy atom. The molecule has 0 N–H and O–H groups in total. The van der Waals surface area contributed by atoms with Gasteiger partial charge in [-0.05, 0) is 103 Å². The van der Waals surface area contributed by atoms with E-state index in [9.17, 15) is 5.26 Å². The lowest BCUT2D eigenvalue weighted by Gasteiger charge is -2.36. The van der Waals surface area contributed by atoms with Crippen molar-refractivity contribution in [1.29, 1.82) is 5.26 Å². The number of para-hydroxylation sites is 2. The molecule has 11 aromatic rings. The molecule has 59 heavy (non-hydrogen) atoms. The molecule has 0 unspecified atom stereocenters. The number of aromatic nitrogens is 2. The summed E-state index contributed by atoms with van der Waals surface area (Å²) in [4.78, 5) is 0. The quantitative estimate of drug-likeness (QED) is 0.165. The van der Waals surface area contributed by atoms with Crippen LogP contribution < -0.4 is 10.9 Å². The monoisotopic (exact) mass is 745 g/mol. The van der Waals surface area contributed by atoms with Crippen molar-refractivity contribution < 1.29 is 0 Å². The zero-order valence-corrected chi connectivity index (χ0v) is 31.9. The van der Waals surface area contributed by atoms with Crippen molar-refractivity contribution in [3.05, 3.63) is 200 Å². The molecule has 0 radical (unpaired) electrons. The highest BCUT2D eigenvalue weighted by Crippen LogP contribution is 2.49. The number of rotatable bonds is 4. The molecule has 0 saturated heterocycles. The molecule has 2 aliphatic rings. The van der Waals surface area contributed by atoms with Crippen LogP contribution in [0.2, 0.25) is 0 Å². The van der Waals surface area contributed by atoms with Crippen LogP contribution in [0.4, 0.5) is 0 Å². The fourth-order valence-corrected chi connectivity index (χ4v) is 10.5. The standard InChI is InChI=1S/C55H32BN3/c57-33-34-14-12-21-39(28-34)44-32-50-53-52(51(44)37-19-8-3-9-20-37)43-24-13-23-42-41-22-10-11-25-49(41)59(54(42)43)56(53)47-31-40(36-17-6-2-7-18-36)30-46-45-29-38(35-15-4-1-5-16-35)26-27-48(45)58(50)55(46)47/h1-32H. The maximum Gasteiger partial charge on any atom is 0.333 e. The highest BCUT2D eigenvalue weighted by Gasteiger charge is 2.43. The summed E-state index contributed by atoms with van der Waals surface area (Å²) in [5.74, 6) is 0. The molecule has 4 heterocycles. The van der Waals surface area contributed by atoms with Gasteiger partial charge in [0.25, 0.3) is 0 Å². The van der Waals surface area contributed by atoms with E-state index in [1.807, 2.05) is 12.1 Å². The summed E-state index contributed by atoms with van der Waals surface area (Å²) in [5.41, 5.74) is 21.1. The van der Waals surface area contributed by atoms with Crippen molar-refractivity contribution in [1.82, 2.24) is 9.05 Å². The van der Waals surface area contributed by atoms with Crippen LogP contribution in [0.3, 0.4) is 0 Å². The van der Waals surface area contributed by atoms with Crippen LogP contribution in [0.5, 0.6) is 0 Å². The molecule has 0 atom stereocenters. The van der Waals surface area contributed by atoms with E-state index in [1.54, 1.807) is 0 Å². The SMILES string of the molecule is N#Cc1cccc(-c2cc3c4c(c2-c2ccccc2)-c2cccc5c6ccccc6n(c25)B4c2cc(-c4ccccc4)cc4c5cc(-c6ccccc6)ccc5n-3c24)c1. The largest absolute Gasteiger partial charge is 0.375 e. The van der Waals surface area contributed by atoms with Crippen LogP contribution in [0.1, 0.15) is 5.56 Å². The minimum Gasteiger partial charge on any atom is -0.375 e. The van der Waals surface area contributed by atoms with E-state index >= 15 is 0 Å². The molecular weight excluding hydrogens is 713 g/mol.